The lowest BCUT2D eigenvalue weighted by molar-refractivity contribution is -0.0101. The topological polar surface area (TPSA) is 166 Å². The van der Waals surface area contributed by atoms with Gasteiger partial charge in [-0.1, -0.05) is 0 Å². The van der Waals surface area contributed by atoms with Crippen molar-refractivity contribution in [1.82, 2.24) is 0 Å². The van der Waals surface area contributed by atoms with Crippen molar-refractivity contribution in [3.8, 4) is 17.2 Å². The van der Waals surface area contributed by atoms with Crippen molar-refractivity contribution in [2.45, 2.75) is 0 Å². The molecule has 0 N–H and O–H groups in total. The molecule has 0 aliphatic carbocycles. The molecule has 0 spiro atoms. The highest BCUT2D eigenvalue weighted by molar-refractivity contribution is 5.42. The summed E-state index contributed by atoms with van der Waals surface area (Å²) in [5.41, 5.74) is 0. The van der Waals surface area contributed by atoms with E-state index in [2.05, 4.69) is 0 Å². The standard InChI is InChI=1S/C39H72O18/c1-40-4-7-43-10-13-46-16-19-49-22-25-52-28-31-55-37-34-38(56-32-29-53-26-23-50-20-17-47-14-11-44-8-5-41-2)36-39(35-37)57-33-30-54-27-24-51-21-18-48-15-12-45-9-6-42-3/h34-36H,4-33H2,1-3H3. The fraction of sp³-hybridized carbons (Fsp3) is 0.846. The molecule has 18 nitrogen and oxygen atoms in total. The molecule has 0 bridgehead atoms. The number of methoxy groups -OCH3 is 3. The maximum Gasteiger partial charge on any atom is 0.126 e. The quantitative estimate of drug-likeness (QED) is 0.0875. The lowest BCUT2D eigenvalue weighted by atomic mass is 10.3. The zero-order valence-corrected chi connectivity index (χ0v) is 34.8. The Morgan fingerprint density at radius 3 is 0.509 bits per heavy atom. The zero-order valence-electron chi connectivity index (χ0n) is 34.8. The van der Waals surface area contributed by atoms with Crippen molar-refractivity contribution < 1.29 is 85.3 Å². The van der Waals surface area contributed by atoms with Crippen LogP contribution in [0.2, 0.25) is 0 Å². The van der Waals surface area contributed by atoms with E-state index in [1.165, 1.54) is 0 Å². The molecule has 0 aliphatic rings. The first-order chi connectivity index (χ1) is 28.3. The van der Waals surface area contributed by atoms with E-state index >= 15 is 0 Å². The minimum atomic E-state index is 0.335. The van der Waals surface area contributed by atoms with Gasteiger partial charge in [-0.25, -0.2) is 0 Å². The minimum absolute atomic E-state index is 0.335. The second kappa shape index (κ2) is 45.1. The summed E-state index contributed by atoms with van der Waals surface area (Å²) in [6.45, 7) is 14.3. The molecule has 0 saturated carbocycles. The number of hydrogen-bond acceptors (Lipinski definition) is 18. The molecule has 0 radical (unpaired) electrons. The van der Waals surface area contributed by atoms with Gasteiger partial charge in [0, 0.05) is 39.5 Å². The zero-order chi connectivity index (χ0) is 40.8. The average molecular weight is 829 g/mol. The third-order valence-electron chi connectivity index (χ3n) is 6.99. The van der Waals surface area contributed by atoms with Gasteiger partial charge in [0.2, 0.25) is 0 Å². The van der Waals surface area contributed by atoms with Crippen LogP contribution in [0.5, 0.6) is 17.2 Å². The van der Waals surface area contributed by atoms with Gasteiger partial charge >= 0.3 is 0 Å². The summed E-state index contributed by atoms with van der Waals surface area (Å²) in [7, 11) is 4.92. The predicted octanol–water partition coefficient (Wildman–Crippen LogP) is 1.96. The Morgan fingerprint density at radius 2 is 0.351 bits per heavy atom. The molecule has 57 heavy (non-hydrogen) atoms. The van der Waals surface area contributed by atoms with Gasteiger partial charge in [-0.2, -0.15) is 0 Å². The van der Waals surface area contributed by atoms with Crippen molar-refractivity contribution in [2.24, 2.45) is 0 Å². The molecule has 18 heteroatoms. The molecule has 0 aromatic heterocycles. The van der Waals surface area contributed by atoms with Crippen LogP contribution in [0, 0.1) is 0 Å². The van der Waals surface area contributed by atoms with Gasteiger partial charge in [0.1, 0.15) is 37.1 Å². The molecule has 1 aromatic rings. The van der Waals surface area contributed by atoms with Crippen molar-refractivity contribution in [2.75, 3.05) is 220 Å². The highest BCUT2D eigenvalue weighted by Gasteiger charge is 2.06. The van der Waals surface area contributed by atoms with Gasteiger partial charge in [-0.15, -0.1) is 0 Å². The van der Waals surface area contributed by atoms with E-state index in [9.17, 15) is 0 Å². The van der Waals surface area contributed by atoms with E-state index < -0.39 is 0 Å². The Morgan fingerprint density at radius 1 is 0.211 bits per heavy atom. The summed E-state index contributed by atoms with van der Waals surface area (Å²) in [4.78, 5) is 0. The van der Waals surface area contributed by atoms with Gasteiger partial charge < -0.3 is 85.3 Å². The molecule has 1 rings (SSSR count). The number of rotatable bonds is 48. The third kappa shape index (κ3) is 39.3. The van der Waals surface area contributed by atoms with Crippen molar-refractivity contribution in [1.29, 1.82) is 0 Å². The summed E-state index contributed by atoms with van der Waals surface area (Å²) in [5.74, 6) is 1.76. The van der Waals surface area contributed by atoms with E-state index in [0.717, 1.165) is 0 Å². The normalized spacial score (nSPS) is 11.4. The van der Waals surface area contributed by atoms with Gasteiger partial charge in [-0.05, 0) is 0 Å². The van der Waals surface area contributed by atoms with Crippen molar-refractivity contribution in [3.05, 3.63) is 18.2 Å². The fourth-order valence-corrected chi connectivity index (χ4v) is 4.16. The van der Waals surface area contributed by atoms with Gasteiger partial charge in [-0.3, -0.25) is 0 Å². The average Bonchev–Trinajstić information content (AvgIpc) is 3.22. The molecular weight excluding hydrogens is 756 g/mol. The molecule has 0 unspecified atom stereocenters. The first kappa shape index (κ1) is 53.0. The summed E-state index contributed by atoms with van der Waals surface area (Å²) in [6, 6.07) is 5.41. The van der Waals surface area contributed by atoms with Crippen LogP contribution in [0.3, 0.4) is 0 Å². The first-order valence-corrected chi connectivity index (χ1v) is 19.7. The second-order valence-corrected chi connectivity index (χ2v) is 11.5. The Labute approximate surface area is 340 Å². The number of benzene rings is 1. The molecule has 1 aromatic carbocycles. The monoisotopic (exact) mass is 828 g/mol. The lowest BCUT2D eigenvalue weighted by Crippen LogP contribution is -2.15. The molecule has 0 amide bonds. The van der Waals surface area contributed by atoms with Crippen LogP contribution >= 0.6 is 0 Å². The number of hydrogen-bond donors (Lipinski definition) is 0. The van der Waals surface area contributed by atoms with Crippen LogP contribution in [0.15, 0.2) is 18.2 Å². The van der Waals surface area contributed by atoms with Gasteiger partial charge in [0.15, 0.2) is 0 Å². The molecule has 336 valence electrons. The lowest BCUT2D eigenvalue weighted by Gasteiger charge is -2.14. The van der Waals surface area contributed by atoms with E-state index in [1.54, 1.807) is 39.5 Å². The Bertz CT molecular complexity index is 807. The highest BCUT2D eigenvalue weighted by atomic mass is 16.6. The van der Waals surface area contributed by atoms with E-state index in [0.29, 0.717) is 215 Å². The summed E-state index contributed by atoms with van der Waals surface area (Å²) in [5, 5.41) is 0. The van der Waals surface area contributed by atoms with Crippen LogP contribution in [0.4, 0.5) is 0 Å². The molecule has 0 saturated heterocycles. The summed E-state index contributed by atoms with van der Waals surface area (Å²) in [6.07, 6.45) is 0. The van der Waals surface area contributed by atoms with Crippen LogP contribution < -0.4 is 14.2 Å². The van der Waals surface area contributed by atoms with Crippen LogP contribution in [-0.2, 0) is 71.1 Å². The molecule has 0 heterocycles. The Balaban J connectivity index is 2.27. The number of ether oxygens (including phenoxy) is 18. The van der Waals surface area contributed by atoms with Crippen molar-refractivity contribution >= 4 is 0 Å². The van der Waals surface area contributed by atoms with Crippen LogP contribution in [0.1, 0.15) is 0 Å². The summed E-state index contributed by atoms with van der Waals surface area (Å²) < 4.78 is 98.6. The van der Waals surface area contributed by atoms with Gasteiger partial charge in [0.25, 0.3) is 0 Å². The Kier molecular flexibility index (Phi) is 42.0. The SMILES string of the molecule is COCCOCCOCCOCCOCCOc1cc(OCCOCCOCCOCCOCCOC)cc(OCCOCCOCCOCCOCCOC)c1. The molecule has 0 atom stereocenters. The largest absolute Gasteiger partial charge is 0.491 e. The van der Waals surface area contributed by atoms with E-state index in [1.807, 2.05) is 0 Å². The van der Waals surface area contributed by atoms with E-state index in [4.69, 9.17) is 85.3 Å². The highest BCUT2D eigenvalue weighted by Crippen LogP contribution is 2.28. The molecular formula is C39H72O18. The fourth-order valence-electron chi connectivity index (χ4n) is 4.16. The maximum atomic E-state index is 5.95. The second-order valence-electron chi connectivity index (χ2n) is 11.5. The molecule has 0 fully saturated rings. The van der Waals surface area contributed by atoms with Gasteiger partial charge in [0.05, 0.1) is 178 Å². The van der Waals surface area contributed by atoms with Crippen LogP contribution in [-0.4, -0.2) is 220 Å². The van der Waals surface area contributed by atoms with Crippen molar-refractivity contribution in [3.63, 3.8) is 0 Å². The predicted molar refractivity (Wildman–Crippen MR) is 208 cm³/mol. The first-order valence-electron chi connectivity index (χ1n) is 19.7. The van der Waals surface area contributed by atoms with E-state index in [-0.39, 0.29) is 0 Å². The summed E-state index contributed by atoms with van der Waals surface area (Å²) >= 11 is 0. The third-order valence-corrected chi connectivity index (χ3v) is 6.99. The molecule has 0 aliphatic heterocycles. The Hall–Kier alpha value is -1.98. The minimum Gasteiger partial charge on any atom is -0.491 e. The van der Waals surface area contributed by atoms with Crippen LogP contribution in [0.25, 0.3) is 0 Å². The maximum absolute atomic E-state index is 5.95. The smallest absolute Gasteiger partial charge is 0.126 e.